The van der Waals surface area contributed by atoms with Gasteiger partial charge in [0.25, 0.3) is 5.91 Å². The monoisotopic (exact) mass is 487 g/mol. The van der Waals surface area contributed by atoms with Crippen LogP contribution >= 0.6 is 11.6 Å². The molecule has 3 heterocycles. The fraction of sp³-hybridized carbons (Fsp3) is 0.217. The fourth-order valence-corrected chi connectivity index (χ4v) is 3.67. The van der Waals surface area contributed by atoms with E-state index in [4.69, 9.17) is 20.9 Å². The van der Waals surface area contributed by atoms with E-state index in [1.54, 1.807) is 30.1 Å². The predicted molar refractivity (Wildman–Crippen MR) is 120 cm³/mol. The van der Waals surface area contributed by atoms with E-state index >= 15 is 0 Å². The van der Waals surface area contributed by atoms with E-state index < -0.39 is 23.0 Å². The Hall–Kier alpha value is -3.79. The molecule has 0 spiro atoms. The standard InChI is InChI=1S/C23H20ClF2N5O3/c1-23(13-10-28-31(2)11-13,20-7-15(33-3)8-21(24)29-20)12-27-22(32)19-9-18(30-34-19)16-5-4-14(25)6-17(16)26/h4-11H,12H2,1-3H3,(H,27,32)/t23-/m0/s1. The lowest BCUT2D eigenvalue weighted by Gasteiger charge is -2.28. The number of nitrogens with one attached hydrogen (secondary N) is 1. The molecule has 176 valence electrons. The van der Waals surface area contributed by atoms with E-state index in [1.165, 1.54) is 19.2 Å². The van der Waals surface area contributed by atoms with Gasteiger partial charge >= 0.3 is 0 Å². The van der Waals surface area contributed by atoms with Gasteiger partial charge in [0.15, 0.2) is 0 Å². The predicted octanol–water partition coefficient (Wildman–Crippen LogP) is 4.15. The second-order valence-corrected chi connectivity index (χ2v) is 8.22. The molecular weight excluding hydrogens is 468 g/mol. The largest absolute Gasteiger partial charge is 0.497 e. The van der Waals surface area contributed by atoms with E-state index in [-0.39, 0.29) is 28.7 Å². The maximum absolute atomic E-state index is 14.1. The van der Waals surface area contributed by atoms with E-state index in [0.29, 0.717) is 11.4 Å². The Morgan fingerprint density at radius 3 is 2.74 bits per heavy atom. The number of aryl methyl sites for hydroxylation is 1. The maximum atomic E-state index is 14.1. The quantitative estimate of drug-likeness (QED) is 0.394. The molecule has 0 saturated heterocycles. The molecule has 34 heavy (non-hydrogen) atoms. The fourth-order valence-electron chi connectivity index (χ4n) is 3.47. The molecule has 0 radical (unpaired) electrons. The van der Waals surface area contributed by atoms with Crippen molar-refractivity contribution in [1.29, 1.82) is 0 Å². The minimum atomic E-state index is -0.839. The molecule has 0 unspecified atom stereocenters. The number of benzene rings is 1. The summed E-state index contributed by atoms with van der Waals surface area (Å²) in [6.07, 6.45) is 3.48. The zero-order valence-electron chi connectivity index (χ0n) is 18.5. The van der Waals surface area contributed by atoms with Crippen LogP contribution in [0.3, 0.4) is 0 Å². The van der Waals surface area contributed by atoms with Crippen LogP contribution in [0.1, 0.15) is 28.7 Å². The third-order valence-corrected chi connectivity index (χ3v) is 5.65. The molecule has 1 N–H and O–H groups in total. The maximum Gasteiger partial charge on any atom is 0.289 e. The number of methoxy groups -OCH3 is 1. The molecule has 0 aliphatic heterocycles. The van der Waals surface area contributed by atoms with Crippen molar-refractivity contribution < 1.29 is 22.8 Å². The van der Waals surface area contributed by atoms with Crippen molar-refractivity contribution in [3.8, 4) is 17.0 Å². The van der Waals surface area contributed by atoms with Crippen molar-refractivity contribution in [3.63, 3.8) is 0 Å². The highest BCUT2D eigenvalue weighted by atomic mass is 35.5. The number of carbonyl (C=O) groups is 1. The summed E-state index contributed by atoms with van der Waals surface area (Å²) in [4.78, 5) is 17.3. The highest BCUT2D eigenvalue weighted by molar-refractivity contribution is 6.29. The van der Waals surface area contributed by atoms with Crippen molar-refractivity contribution in [1.82, 2.24) is 25.2 Å². The lowest BCUT2D eigenvalue weighted by Crippen LogP contribution is -2.40. The van der Waals surface area contributed by atoms with Gasteiger partial charge in [-0.05, 0) is 19.1 Å². The number of halogens is 3. The SMILES string of the molecule is COc1cc(Cl)nc([C@@](C)(CNC(=O)c2cc(-c3ccc(F)cc3F)no2)c2cnn(C)c2)c1. The van der Waals surface area contributed by atoms with Gasteiger partial charge in [0.1, 0.15) is 28.2 Å². The Bertz CT molecular complexity index is 1360. The van der Waals surface area contributed by atoms with Gasteiger partial charge in [0.2, 0.25) is 5.76 Å². The minimum Gasteiger partial charge on any atom is -0.497 e. The summed E-state index contributed by atoms with van der Waals surface area (Å²) < 4.78 is 39.3. The number of amides is 1. The summed E-state index contributed by atoms with van der Waals surface area (Å²) in [5, 5.41) is 11.0. The second-order valence-electron chi connectivity index (χ2n) is 7.83. The third kappa shape index (κ3) is 4.62. The van der Waals surface area contributed by atoms with Crippen LogP contribution in [0.25, 0.3) is 11.3 Å². The van der Waals surface area contributed by atoms with E-state index in [1.807, 2.05) is 13.1 Å². The average Bonchev–Trinajstić information content (AvgIpc) is 3.46. The molecule has 4 aromatic rings. The minimum absolute atomic E-state index is 0.0135. The van der Waals surface area contributed by atoms with Gasteiger partial charge in [-0.2, -0.15) is 5.10 Å². The smallest absolute Gasteiger partial charge is 0.289 e. The molecule has 4 rings (SSSR count). The van der Waals surface area contributed by atoms with Crippen LogP contribution in [-0.2, 0) is 12.5 Å². The number of carbonyl (C=O) groups excluding carboxylic acids is 1. The van der Waals surface area contributed by atoms with Crippen LogP contribution in [0.15, 0.2) is 53.3 Å². The molecule has 0 saturated carbocycles. The lowest BCUT2D eigenvalue weighted by molar-refractivity contribution is 0.0910. The van der Waals surface area contributed by atoms with Gasteiger partial charge in [-0.1, -0.05) is 16.8 Å². The Labute approximate surface area is 198 Å². The summed E-state index contributed by atoms with van der Waals surface area (Å²) in [7, 11) is 3.29. The van der Waals surface area contributed by atoms with Gasteiger partial charge in [-0.15, -0.1) is 0 Å². The van der Waals surface area contributed by atoms with Crippen LogP contribution in [0.4, 0.5) is 8.78 Å². The molecule has 0 aliphatic carbocycles. The van der Waals surface area contributed by atoms with E-state index in [9.17, 15) is 13.6 Å². The van der Waals surface area contributed by atoms with Crippen LogP contribution < -0.4 is 10.1 Å². The van der Waals surface area contributed by atoms with Crippen molar-refractivity contribution >= 4 is 17.5 Å². The van der Waals surface area contributed by atoms with Crippen LogP contribution in [0, 0.1) is 11.6 Å². The van der Waals surface area contributed by atoms with Gasteiger partial charge < -0.3 is 14.6 Å². The van der Waals surface area contributed by atoms with Crippen molar-refractivity contribution in [2.45, 2.75) is 12.3 Å². The summed E-state index contributed by atoms with van der Waals surface area (Å²) >= 11 is 6.19. The molecule has 11 heteroatoms. The molecule has 1 amide bonds. The van der Waals surface area contributed by atoms with Crippen LogP contribution in [0.2, 0.25) is 5.15 Å². The molecule has 1 aromatic carbocycles. The molecule has 0 fully saturated rings. The Kier molecular flexibility index (Phi) is 6.34. The summed E-state index contributed by atoms with van der Waals surface area (Å²) in [6, 6.07) is 7.65. The van der Waals surface area contributed by atoms with E-state index in [0.717, 1.165) is 17.7 Å². The summed E-state index contributed by atoms with van der Waals surface area (Å²) in [5.74, 6) is -1.74. The number of ether oxygens (including phenoxy) is 1. The average molecular weight is 488 g/mol. The first-order valence-corrected chi connectivity index (χ1v) is 10.5. The lowest BCUT2D eigenvalue weighted by atomic mass is 9.80. The first-order valence-electron chi connectivity index (χ1n) is 10.1. The first kappa shape index (κ1) is 23.4. The number of hydrogen-bond donors (Lipinski definition) is 1. The number of aromatic nitrogens is 4. The Balaban J connectivity index is 1.61. The van der Waals surface area contributed by atoms with Crippen molar-refractivity contribution in [2.24, 2.45) is 7.05 Å². The normalized spacial score (nSPS) is 12.9. The Morgan fingerprint density at radius 2 is 2.06 bits per heavy atom. The number of nitrogens with zero attached hydrogens (tertiary/aromatic N) is 4. The highest BCUT2D eigenvalue weighted by Gasteiger charge is 2.34. The van der Waals surface area contributed by atoms with Crippen molar-refractivity contribution in [3.05, 3.63) is 82.6 Å². The Morgan fingerprint density at radius 1 is 1.26 bits per heavy atom. The summed E-state index contributed by atoms with van der Waals surface area (Å²) in [5.41, 5.74) is 0.572. The summed E-state index contributed by atoms with van der Waals surface area (Å²) in [6.45, 7) is 1.97. The molecule has 8 nitrogen and oxygen atoms in total. The van der Waals surface area contributed by atoms with Gasteiger partial charge in [0, 0.05) is 55.2 Å². The molecular formula is C23H20ClF2N5O3. The molecule has 0 aliphatic rings. The highest BCUT2D eigenvalue weighted by Crippen LogP contribution is 2.33. The number of rotatable bonds is 7. The van der Waals surface area contributed by atoms with Gasteiger partial charge in [-0.25, -0.2) is 13.8 Å². The van der Waals surface area contributed by atoms with Crippen LogP contribution in [-0.4, -0.2) is 39.5 Å². The topological polar surface area (TPSA) is 95.1 Å². The number of pyridine rings is 1. The molecule has 1 atom stereocenters. The number of hydrogen-bond acceptors (Lipinski definition) is 6. The van der Waals surface area contributed by atoms with Gasteiger partial charge in [-0.3, -0.25) is 9.48 Å². The van der Waals surface area contributed by atoms with Crippen molar-refractivity contribution in [2.75, 3.05) is 13.7 Å². The zero-order valence-corrected chi connectivity index (χ0v) is 19.2. The third-order valence-electron chi connectivity index (χ3n) is 5.45. The second kappa shape index (κ2) is 9.22. The van der Waals surface area contributed by atoms with Crippen LogP contribution in [0.5, 0.6) is 5.75 Å². The molecule has 0 bridgehead atoms. The van der Waals surface area contributed by atoms with Gasteiger partial charge in [0.05, 0.1) is 24.4 Å². The van der Waals surface area contributed by atoms with E-state index in [2.05, 4.69) is 20.6 Å². The first-order chi connectivity index (χ1) is 16.2. The zero-order chi connectivity index (χ0) is 24.5. The molecule has 3 aromatic heterocycles.